The van der Waals surface area contributed by atoms with Gasteiger partial charge in [0, 0.05) is 0 Å². The van der Waals surface area contributed by atoms with E-state index in [1.54, 1.807) is 0 Å². The van der Waals surface area contributed by atoms with Gasteiger partial charge in [-0.1, -0.05) is 13.3 Å². The molecule has 0 aromatic carbocycles. The molecule has 2 nitrogen and oxygen atoms in total. The third kappa shape index (κ3) is 25.7. The Morgan fingerprint density at radius 3 is 0.904 bits per heavy atom. The third-order valence-corrected chi connectivity index (χ3v) is 23.5. The monoisotopic (exact) mass is 773 g/mol. The summed E-state index contributed by atoms with van der Waals surface area (Å²) in [6, 6.07) is 0. The number of hydrogen-bond acceptors (Lipinski definition) is 2. The van der Waals surface area contributed by atoms with Crippen molar-refractivity contribution in [3.05, 3.63) is 0 Å². The number of unbranched alkanes of at least 4 members (excludes halogenated alkanes) is 20. The zero-order valence-electron chi connectivity index (χ0n) is 38.5. The molecule has 0 aliphatic heterocycles. The van der Waals surface area contributed by atoms with Crippen LogP contribution in [-0.2, 0) is 8.88 Å². The predicted molar refractivity (Wildman–Crippen MR) is 245 cm³/mol. The first-order valence-corrected chi connectivity index (χ1v) is 28.7. The molecule has 0 atom stereocenters. The fourth-order valence-electron chi connectivity index (χ4n) is 10.2. The average Bonchev–Trinajstić information content (AvgIpc) is 3.02. The minimum absolute atomic E-state index is 0.0141. The van der Waals surface area contributed by atoms with E-state index in [2.05, 4.69) is 83.1 Å². The fraction of sp³-hybridized carbons (Fsp3) is 1.00. The third-order valence-electron chi connectivity index (χ3n) is 11.9. The van der Waals surface area contributed by atoms with E-state index < -0.39 is 14.2 Å². The Labute approximate surface area is 331 Å². The van der Waals surface area contributed by atoms with Crippen LogP contribution in [0.2, 0.25) is 0 Å². The Kier molecular flexibility index (Phi) is 29.3. The van der Waals surface area contributed by atoms with Gasteiger partial charge >= 0.3 is 319 Å². The van der Waals surface area contributed by atoms with Crippen molar-refractivity contribution in [2.24, 2.45) is 22.7 Å². The number of rotatable bonds is 38. The van der Waals surface area contributed by atoms with Gasteiger partial charge < -0.3 is 0 Å². The summed E-state index contributed by atoms with van der Waals surface area (Å²) in [5.74, 6) is 1.20. The van der Waals surface area contributed by atoms with Crippen molar-refractivity contribution in [1.29, 1.82) is 0 Å². The van der Waals surface area contributed by atoms with Gasteiger partial charge in [0.15, 0.2) is 0 Å². The van der Waals surface area contributed by atoms with E-state index in [0.717, 1.165) is 25.2 Å². The summed E-state index contributed by atoms with van der Waals surface area (Å²) in [6.45, 7) is 25.6. The van der Waals surface area contributed by atoms with Gasteiger partial charge in [0.2, 0.25) is 0 Å². The molecule has 0 aliphatic rings. The quantitative estimate of drug-likeness (QED) is 0.0461. The van der Waals surface area contributed by atoms with E-state index in [9.17, 15) is 0 Å². The van der Waals surface area contributed by atoms with Gasteiger partial charge in [0.1, 0.15) is 0 Å². The first-order chi connectivity index (χ1) is 24.5. The SMILES string of the molecule is CCCCCCCCCCCCCCP(CCCCCC)(CCCCCC)(CCCCCC)OP(=O)(CC(C)(C)CC(C)C)CC(C)(C)CC(C)C. The van der Waals surface area contributed by atoms with Crippen LogP contribution in [0.5, 0.6) is 0 Å². The van der Waals surface area contributed by atoms with E-state index in [-0.39, 0.29) is 10.8 Å². The van der Waals surface area contributed by atoms with Gasteiger partial charge in [-0.25, -0.2) is 0 Å². The van der Waals surface area contributed by atoms with E-state index in [4.69, 9.17) is 4.31 Å². The fourth-order valence-corrected chi connectivity index (χ4v) is 23.7. The summed E-state index contributed by atoms with van der Waals surface area (Å²) < 4.78 is 24.4. The Balaban J connectivity index is 6.75. The van der Waals surface area contributed by atoms with Gasteiger partial charge in [-0.3, -0.25) is 0 Å². The van der Waals surface area contributed by atoms with Crippen LogP contribution in [0, 0.1) is 22.7 Å². The maximum atomic E-state index is 16.2. The van der Waals surface area contributed by atoms with Crippen molar-refractivity contribution in [3.8, 4) is 0 Å². The maximum absolute atomic E-state index is 16.2. The molecule has 0 fully saturated rings. The molecule has 0 spiro atoms. The standard InChI is InChI=1S/C48H102O2P2/c1-13-17-21-25-26-27-28-29-30-31-32-36-40-52(37-33-22-18-14-2,38-34-23-19-15-3,39-35-24-20-16-4)50-51(49,43-47(9,10)41-45(5)6)44-48(11,12)42-46(7)8/h45-46H,13-44H2,1-12H3. The summed E-state index contributed by atoms with van der Waals surface area (Å²) in [6.07, 6.45) is 40.9. The molecule has 0 unspecified atom stereocenters. The van der Waals surface area contributed by atoms with E-state index in [0.29, 0.717) is 11.8 Å². The molecule has 0 aromatic heterocycles. The molecule has 0 saturated heterocycles. The molecule has 0 amide bonds. The molecular formula is C48H102O2P2. The second kappa shape index (κ2) is 28.9. The van der Waals surface area contributed by atoms with Crippen LogP contribution < -0.4 is 0 Å². The van der Waals surface area contributed by atoms with Gasteiger partial charge in [0.25, 0.3) is 0 Å². The molecular weight excluding hydrogens is 670 g/mol. The first-order valence-electron chi connectivity index (χ1n) is 23.8. The van der Waals surface area contributed by atoms with Crippen LogP contribution >= 0.6 is 14.2 Å². The molecule has 0 radical (unpaired) electrons. The molecule has 0 bridgehead atoms. The van der Waals surface area contributed by atoms with Crippen LogP contribution in [-0.4, -0.2) is 37.0 Å². The van der Waals surface area contributed by atoms with Gasteiger partial charge in [-0.05, 0) is 0 Å². The molecule has 0 aliphatic carbocycles. The zero-order valence-corrected chi connectivity index (χ0v) is 40.3. The predicted octanol–water partition coefficient (Wildman–Crippen LogP) is 18.3. The number of hydrogen-bond donors (Lipinski definition) is 0. The van der Waals surface area contributed by atoms with Crippen LogP contribution in [0.3, 0.4) is 0 Å². The molecule has 316 valence electrons. The molecule has 52 heavy (non-hydrogen) atoms. The van der Waals surface area contributed by atoms with E-state index >= 15 is 4.57 Å². The summed E-state index contributed by atoms with van der Waals surface area (Å²) >= 11 is 0. The zero-order chi connectivity index (χ0) is 39.4. The van der Waals surface area contributed by atoms with Crippen molar-refractivity contribution in [2.45, 2.75) is 250 Å². The van der Waals surface area contributed by atoms with E-state index in [1.165, 1.54) is 179 Å². The molecule has 0 N–H and O–H groups in total. The van der Waals surface area contributed by atoms with Gasteiger partial charge in [0.05, 0.1) is 0 Å². The normalized spacial score (nSPS) is 14.1. The average molecular weight is 773 g/mol. The first kappa shape index (κ1) is 52.6. The van der Waals surface area contributed by atoms with Crippen molar-refractivity contribution in [1.82, 2.24) is 0 Å². The van der Waals surface area contributed by atoms with Crippen molar-refractivity contribution < 1.29 is 8.88 Å². The topological polar surface area (TPSA) is 26.3 Å². The van der Waals surface area contributed by atoms with Crippen molar-refractivity contribution >= 4 is 14.2 Å². The van der Waals surface area contributed by atoms with Gasteiger partial charge in [-0.2, -0.15) is 0 Å². The molecule has 0 aromatic rings. The van der Waals surface area contributed by atoms with Crippen LogP contribution in [0.1, 0.15) is 250 Å². The summed E-state index contributed by atoms with van der Waals surface area (Å²) in [5.41, 5.74) is 0.0282. The summed E-state index contributed by atoms with van der Waals surface area (Å²) in [4.78, 5) is 0. The minimum atomic E-state index is -2.95. The van der Waals surface area contributed by atoms with Crippen LogP contribution in [0.4, 0.5) is 0 Å². The Bertz CT molecular complexity index is 814. The van der Waals surface area contributed by atoms with Crippen molar-refractivity contribution in [2.75, 3.05) is 37.0 Å². The Hall–Kier alpha value is 0.620. The Morgan fingerprint density at radius 1 is 0.423 bits per heavy atom. The Morgan fingerprint density at radius 2 is 0.654 bits per heavy atom. The van der Waals surface area contributed by atoms with Crippen LogP contribution in [0.25, 0.3) is 0 Å². The molecule has 4 heteroatoms. The summed E-state index contributed by atoms with van der Waals surface area (Å²) in [5, 5.41) is 0. The second-order valence-electron chi connectivity index (χ2n) is 20.6. The van der Waals surface area contributed by atoms with E-state index in [1.807, 2.05) is 0 Å². The van der Waals surface area contributed by atoms with Gasteiger partial charge in [-0.15, -0.1) is 0 Å². The second-order valence-corrected chi connectivity index (χ2v) is 29.0. The molecule has 0 rings (SSSR count). The van der Waals surface area contributed by atoms with Crippen LogP contribution in [0.15, 0.2) is 0 Å². The molecule has 0 saturated carbocycles. The molecule has 0 heterocycles. The summed E-state index contributed by atoms with van der Waals surface area (Å²) in [7, 11) is -2.95. The van der Waals surface area contributed by atoms with Crippen molar-refractivity contribution in [3.63, 3.8) is 0 Å².